The van der Waals surface area contributed by atoms with Gasteiger partial charge in [0, 0.05) is 33.9 Å². The van der Waals surface area contributed by atoms with Crippen molar-refractivity contribution in [1.82, 2.24) is 0 Å². The zero-order valence-corrected chi connectivity index (χ0v) is 12.8. The molecule has 5 nitrogen and oxygen atoms in total. The number of amides is 1. The largest absolute Gasteiger partial charge is 0.304 e. The van der Waals surface area contributed by atoms with E-state index in [-0.39, 0.29) is 29.6 Å². The second-order valence-corrected chi connectivity index (χ2v) is 5.85. The summed E-state index contributed by atoms with van der Waals surface area (Å²) in [7, 11) is 0. The molecule has 1 aliphatic heterocycles. The van der Waals surface area contributed by atoms with Crippen molar-refractivity contribution in [1.29, 1.82) is 0 Å². The molecule has 1 unspecified atom stereocenters. The van der Waals surface area contributed by atoms with Gasteiger partial charge in [-0.1, -0.05) is 15.9 Å². The summed E-state index contributed by atoms with van der Waals surface area (Å²) in [6.07, 6.45) is 5.53. The van der Waals surface area contributed by atoms with E-state index in [9.17, 15) is 14.9 Å². The van der Waals surface area contributed by atoms with Gasteiger partial charge in [-0.05, 0) is 22.0 Å². The monoisotopic (exact) mass is 386 g/mol. The second-order valence-electron chi connectivity index (χ2n) is 4.08. The van der Waals surface area contributed by atoms with Crippen LogP contribution < -0.4 is 4.90 Å². The molecule has 1 aromatic carbocycles. The molecule has 0 aromatic heterocycles. The first-order chi connectivity index (χ1) is 8.93. The van der Waals surface area contributed by atoms with Crippen molar-refractivity contribution < 1.29 is 9.72 Å². The lowest BCUT2D eigenvalue weighted by Gasteiger charge is -2.17. The Morgan fingerprint density at radius 2 is 2.16 bits per heavy atom. The molecule has 19 heavy (non-hydrogen) atoms. The van der Waals surface area contributed by atoms with Gasteiger partial charge in [0.15, 0.2) is 0 Å². The Balaban J connectivity index is 2.54. The van der Waals surface area contributed by atoms with Gasteiger partial charge in [-0.3, -0.25) is 14.9 Å². The summed E-state index contributed by atoms with van der Waals surface area (Å²) in [5.41, 5.74) is 0.128. The van der Waals surface area contributed by atoms with Gasteiger partial charge >= 0.3 is 0 Å². The van der Waals surface area contributed by atoms with Crippen molar-refractivity contribution in [3.05, 3.63) is 31.2 Å². The Labute approximate surface area is 126 Å². The Hall–Kier alpha value is -1.39. The minimum Gasteiger partial charge on any atom is -0.304 e. The van der Waals surface area contributed by atoms with E-state index in [1.807, 2.05) is 0 Å². The van der Waals surface area contributed by atoms with E-state index < -0.39 is 4.92 Å². The number of terminal acetylenes is 1. The maximum absolute atomic E-state index is 11.9. The average molecular weight is 388 g/mol. The molecule has 98 valence electrons. The highest BCUT2D eigenvalue weighted by Gasteiger charge is 2.35. The maximum Gasteiger partial charge on any atom is 0.295 e. The average Bonchev–Trinajstić information content (AvgIpc) is 2.69. The zero-order valence-electron chi connectivity index (χ0n) is 9.60. The van der Waals surface area contributed by atoms with Gasteiger partial charge in [-0.15, -0.1) is 12.3 Å². The summed E-state index contributed by atoms with van der Waals surface area (Å²) in [5.74, 6) is 2.11. The van der Waals surface area contributed by atoms with Crippen LogP contribution in [-0.4, -0.2) is 17.4 Å². The van der Waals surface area contributed by atoms with Crippen LogP contribution in [0, 0.1) is 28.4 Å². The number of nitrogens with zero attached hydrogens (tertiary/aromatic N) is 2. The van der Waals surface area contributed by atoms with Crippen LogP contribution >= 0.6 is 31.9 Å². The van der Waals surface area contributed by atoms with Gasteiger partial charge in [0.2, 0.25) is 5.91 Å². The molecule has 1 aliphatic rings. The summed E-state index contributed by atoms with van der Waals surface area (Å²) >= 11 is 6.46. The van der Waals surface area contributed by atoms with Crippen LogP contribution in [0.1, 0.15) is 6.42 Å². The molecule has 2 rings (SSSR count). The SMILES string of the molecule is C#CC1CC(=O)N(c2c(Br)cc(Br)cc2[N+](=O)[O-])C1. The lowest BCUT2D eigenvalue weighted by Crippen LogP contribution is -2.25. The van der Waals surface area contributed by atoms with Crippen molar-refractivity contribution >= 4 is 49.1 Å². The molecular formula is C12H8Br2N2O3. The molecule has 1 heterocycles. The van der Waals surface area contributed by atoms with Crippen molar-refractivity contribution in [3.8, 4) is 12.3 Å². The normalized spacial score (nSPS) is 18.5. The van der Waals surface area contributed by atoms with Crippen molar-refractivity contribution in [2.75, 3.05) is 11.4 Å². The van der Waals surface area contributed by atoms with Crippen molar-refractivity contribution in [2.45, 2.75) is 6.42 Å². The fourth-order valence-corrected chi connectivity index (χ4v) is 3.41. The molecule has 7 heteroatoms. The highest BCUT2D eigenvalue weighted by atomic mass is 79.9. The molecule has 0 radical (unpaired) electrons. The third-order valence-corrected chi connectivity index (χ3v) is 3.90. The van der Waals surface area contributed by atoms with E-state index in [2.05, 4.69) is 37.8 Å². The first-order valence-electron chi connectivity index (χ1n) is 5.34. The summed E-state index contributed by atoms with van der Waals surface area (Å²) in [6, 6.07) is 3.04. The summed E-state index contributed by atoms with van der Waals surface area (Å²) in [5, 5.41) is 11.1. The molecule has 1 fully saturated rings. The van der Waals surface area contributed by atoms with Gasteiger partial charge < -0.3 is 4.90 Å². The van der Waals surface area contributed by atoms with E-state index >= 15 is 0 Å². The highest BCUT2D eigenvalue weighted by molar-refractivity contribution is 9.11. The number of hydrogen-bond donors (Lipinski definition) is 0. The van der Waals surface area contributed by atoms with Crippen LogP contribution in [-0.2, 0) is 4.79 Å². The molecule has 0 spiro atoms. The number of hydrogen-bond acceptors (Lipinski definition) is 3. The summed E-state index contributed by atoms with van der Waals surface area (Å²) in [6.45, 7) is 0.302. The number of rotatable bonds is 2. The van der Waals surface area contributed by atoms with E-state index in [0.29, 0.717) is 15.5 Å². The number of halogens is 2. The number of benzene rings is 1. The number of carbonyl (C=O) groups is 1. The molecule has 0 saturated carbocycles. The lowest BCUT2D eigenvalue weighted by molar-refractivity contribution is -0.384. The second kappa shape index (κ2) is 5.31. The molecular weight excluding hydrogens is 380 g/mol. The maximum atomic E-state index is 11.9. The molecule has 0 bridgehead atoms. The summed E-state index contributed by atoms with van der Waals surface area (Å²) < 4.78 is 1.05. The standard InChI is InChI=1S/C12H8Br2N2O3/c1-2-7-3-11(17)15(6-7)12-9(14)4-8(13)5-10(12)16(18)19/h1,4-5,7H,3,6H2. The molecule has 1 aromatic rings. The van der Waals surface area contributed by atoms with Crippen molar-refractivity contribution in [2.24, 2.45) is 5.92 Å². The Morgan fingerprint density at radius 3 is 2.68 bits per heavy atom. The first kappa shape index (κ1) is 14.0. The fraction of sp³-hybridized carbons (Fsp3) is 0.250. The van der Waals surface area contributed by atoms with Gasteiger partial charge in [0.25, 0.3) is 5.69 Å². The molecule has 1 amide bonds. The zero-order chi connectivity index (χ0) is 14.2. The van der Waals surface area contributed by atoms with Crippen molar-refractivity contribution in [3.63, 3.8) is 0 Å². The first-order valence-corrected chi connectivity index (χ1v) is 6.92. The minimum atomic E-state index is -0.513. The molecule has 0 N–H and O–H groups in total. The van der Waals surface area contributed by atoms with Gasteiger partial charge in [0.1, 0.15) is 5.69 Å². The van der Waals surface area contributed by atoms with Crippen LogP contribution in [0.15, 0.2) is 21.1 Å². The Bertz CT molecular complexity index is 610. The Kier molecular flexibility index (Phi) is 3.92. The minimum absolute atomic E-state index is 0.132. The van der Waals surface area contributed by atoms with Crippen LogP contribution in [0.2, 0.25) is 0 Å². The molecule has 1 atom stereocenters. The number of nitro benzene ring substituents is 1. The predicted molar refractivity (Wildman–Crippen MR) is 77.8 cm³/mol. The van der Waals surface area contributed by atoms with E-state index in [0.717, 1.165) is 0 Å². The third kappa shape index (κ3) is 2.65. The lowest BCUT2D eigenvalue weighted by atomic mass is 10.1. The number of carbonyl (C=O) groups excluding carboxylic acids is 1. The third-order valence-electron chi connectivity index (χ3n) is 2.84. The quantitative estimate of drug-likeness (QED) is 0.445. The van der Waals surface area contributed by atoms with E-state index in [4.69, 9.17) is 6.42 Å². The van der Waals surface area contributed by atoms with Gasteiger partial charge in [0.05, 0.1) is 4.92 Å². The predicted octanol–water partition coefficient (Wildman–Crippen LogP) is 3.11. The van der Waals surface area contributed by atoms with Gasteiger partial charge in [-0.2, -0.15) is 0 Å². The number of anilines is 1. The highest BCUT2D eigenvalue weighted by Crippen LogP contribution is 2.41. The summed E-state index contributed by atoms with van der Waals surface area (Å²) in [4.78, 5) is 23.9. The van der Waals surface area contributed by atoms with Crippen LogP contribution in [0.4, 0.5) is 11.4 Å². The smallest absolute Gasteiger partial charge is 0.295 e. The fourth-order valence-electron chi connectivity index (χ4n) is 1.99. The topological polar surface area (TPSA) is 63.5 Å². The Morgan fingerprint density at radius 1 is 1.47 bits per heavy atom. The van der Waals surface area contributed by atoms with E-state index in [1.54, 1.807) is 6.07 Å². The van der Waals surface area contributed by atoms with Gasteiger partial charge in [-0.25, -0.2) is 0 Å². The van der Waals surface area contributed by atoms with E-state index in [1.165, 1.54) is 11.0 Å². The van der Waals surface area contributed by atoms with Crippen LogP contribution in [0.25, 0.3) is 0 Å². The van der Waals surface area contributed by atoms with Crippen LogP contribution in [0.3, 0.4) is 0 Å². The molecule has 1 saturated heterocycles. The van der Waals surface area contributed by atoms with Crippen LogP contribution in [0.5, 0.6) is 0 Å². The molecule has 0 aliphatic carbocycles. The number of nitro groups is 1.